The fourth-order valence-corrected chi connectivity index (χ4v) is 3.99. The topological polar surface area (TPSA) is 120 Å². The van der Waals surface area contributed by atoms with Gasteiger partial charge in [-0.1, -0.05) is 31.4 Å². The molecular weight excluding hydrogens is 388 g/mol. The van der Waals surface area contributed by atoms with Crippen molar-refractivity contribution < 1.29 is 23.9 Å². The molecule has 0 bridgehead atoms. The molecule has 9 heteroatoms. The van der Waals surface area contributed by atoms with Crippen molar-refractivity contribution in [1.29, 1.82) is 5.26 Å². The summed E-state index contributed by atoms with van der Waals surface area (Å²) in [5.41, 5.74) is 0.469. The van der Waals surface area contributed by atoms with Gasteiger partial charge in [0.05, 0.1) is 12.5 Å². The molecule has 1 spiro atoms. The number of carbonyl (C=O) groups excluding carboxylic acids is 4. The van der Waals surface area contributed by atoms with Crippen LogP contribution in [0.4, 0.5) is 10.5 Å². The van der Waals surface area contributed by atoms with Crippen LogP contribution in [0.3, 0.4) is 0 Å². The molecule has 1 heterocycles. The lowest BCUT2D eigenvalue weighted by atomic mass is 9.81. The predicted octanol–water partition coefficient (Wildman–Crippen LogP) is 1.83. The van der Waals surface area contributed by atoms with Gasteiger partial charge in [0.15, 0.2) is 6.61 Å². The second-order valence-corrected chi connectivity index (χ2v) is 7.57. The fraction of sp³-hybridized carbons (Fsp3) is 0.476. The third-order valence-electron chi connectivity index (χ3n) is 5.66. The summed E-state index contributed by atoms with van der Waals surface area (Å²) in [6.45, 7) is -1.05. The number of imide groups is 1. The van der Waals surface area contributed by atoms with Crippen LogP contribution in [-0.4, -0.2) is 59.4 Å². The monoisotopic (exact) mass is 412 g/mol. The van der Waals surface area contributed by atoms with Gasteiger partial charge in [-0.2, -0.15) is 5.26 Å². The van der Waals surface area contributed by atoms with Crippen LogP contribution in [-0.2, 0) is 25.5 Å². The van der Waals surface area contributed by atoms with E-state index >= 15 is 0 Å². The van der Waals surface area contributed by atoms with Crippen molar-refractivity contribution >= 4 is 29.5 Å². The number of nitriles is 1. The standard InChI is InChI=1S/C21H24N4O5/c1-24-20(29)25(19(28)21(24)10-3-2-4-11-21)13-18(27)30-14-17(26)23-16-7-5-15(6-8-16)9-12-22/h5-8H,2-4,9-11,13-14H2,1H3,(H,23,26). The second-order valence-electron chi connectivity index (χ2n) is 7.57. The number of esters is 1. The number of benzene rings is 1. The average Bonchev–Trinajstić information content (AvgIpc) is 2.91. The van der Waals surface area contributed by atoms with Crippen LogP contribution in [0, 0.1) is 11.3 Å². The van der Waals surface area contributed by atoms with Crippen LogP contribution in [0.25, 0.3) is 0 Å². The lowest BCUT2D eigenvalue weighted by molar-refractivity contribution is -0.150. The van der Waals surface area contributed by atoms with E-state index in [1.165, 1.54) is 4.90 Å². The molecule has 1 N–H and O–H groups in total. The number of rotatable bonds is 6. The van der Waals surface area contributed by atoms with E-state index in [1.54, 1.807) is 31.3 Å². The van der Waals surface area contributed by atoms with Crippen molar-refractivity contribution in [3.63, 3.8) is 0 Å². The maximum Gasteiger partial charge on any atom is 0.327 e. The SMILES string of the molecule is CN1C(=O)N(CC(=O)OCC(=O)Nc2ccc(CC#N)cc2)C(=O)C12CCCCC2. The Morgan fingerprint density at radius 1 is 1.17 bits per heavy atom. The molecule has 0 radical (unpaired) electrons. The summed E-state index contributed by atoms with van der Waals surface area (Å²) in [4.78, 5) is 51.8. The van der Waals surface area contributed by atoms with Crippen molar-refractivity contribution in [2.75, 3.05) is 25.5 Å². The maximum atomic E-state index is 12.8. The van der Waals surface area contributed by atoms with Crippen LogP contribution >= 0.6 is 0 Å². The van der Waals surface area contributed by atoms with E-state index in [9.17, 15) is 19.2 Å². The van der Waals surface area contributed by atoms with Gasteiger partial charge >= 0.3 is 12.0 Å². The number of hydrogen-bond acceptors (Lipinski definition) is 6. The molecule has 1 aliphatic heterocycles. The van der Waals surface area contributed by atoms with Crippen LogP contribution in [0.5, 0.6) is 0 Å². The highest BCUT2D eigenvalue weighted by Crippen LogP contribution is 2.39. The number of urea groups is 1. The minimum atomic E-state index is -0.856. The average molecular weight is 412 g/mol. The zero-order valence-electron chi connectivity index (χ0n) is 16.8. The molecule has 0 aromatic heterocycles. The summed E-state index contributed by atoms with van der Waals surface area (Å²) in [5, 5.41) is 11.2. The van der Waals surface area contributed by atoms with Crippen LogP contribution in [0.1, 0.15) is 37.7 Å². The maximum absolute atomic E-state index is 12.8. The first-order chi connectivity index (χ1) is 14.4. The van der Waals surface area contributed by atoms with Crippen LogP contribution < -0.4 is 5.32 Å². The zero-order valence-corrected chi connectivity index (χ0v) is 16.8. The molecule has 3 rings (SSSR count). The van der Waals surface area contributed by atoms with Gasteiger partial charge in [0.25, 0.3) is 11.8 Å². The summed E-state index contributed by atoms with van der Waals surface area (Å²) in [6.07, 6.45) is 4.20. The molecule has 1 saturated carbocycles. The third-order valence-corrected chi connectivity index (χ3v) is 5.66. The van der Waals surface area contributed by atoms with Crippen LogP contribution in [0.2, 0.25) is 0 Å². The van der Waals surface area contributed by atoms with Gasteiger partial charge in [0.2, 0.25) is 0 Å². The Kier molecular flexibility index (Phi) is 6.35. The first-order valence-corrected chi connectivity index (χ1v) is 9.88. The molecule has 9 nitrogen and oxygen atoms in total. The van der Waals surface area contributed by atoms with Gasteiger partial charge in [-0.05, 0) is 30.5 Å². The lowest BCUT2D eigenvalue weighted by Gasteiger charge is -2.35. The quantitative estimate of drug-likeness (QED) is 0.562. The van der Waals surface area contributed by atoms with E-state index in [4.69, 9.17) is 10.00 Å². The van der Waals surface area contributed by atoms with E-state index in [-0.39, 0.29) is 12.3 Å². The van der Waals surface area contributed by atoms with E-state index in [2.05, 4.69) is 5.32 Å². The molecule has 2 aliphatic rings. The van der Waals surface area contributed by atoms with Gasteiger partial charge in [-0.25, -0.2) is 4.79 Å². The largest absolute Gasteiger partial charge is 0.454 e. The predicted molar refractivity (Wildman–Crippen MR) is 106 cm³/mol. The molecule has 1 aromatic carbocycles. The Balaban J connectivity index is 1.50. The lowest BCUT2D eigenvalue weighted by Crippen LogP contribution is -2.49. The molecule has 1 saturated heterocycles. The van der Waals surface area contributed by atoms with Gasteiger partial charge in [0, 0.05) is 12.7 Å². The second kappa shape index (κ2) is 8.95. The highest BCUT2D eigenvalue weighted by atomic mass is 16.5. The van der Waals surface area contributed by atoms with E-state index in [1.807, 2.05) is 6.07 Å². The Morgan fingerprint density at radius 3 is 2.47 bits per heavy atom. The number of amides is 4. The van der Waals surface area contributed by atoms with Crippen molar-refractivity contribution in [2.45, 2.75) is 44.1 Å². The molecule has 1 aliphatic carbocycles. The fourth-order valence-electron chi connectivity index (χ4n) is 3.99. The minimum Gasteiger partial charge on any atom is -0.454 e. The number of likely N-dealkylation sites (N-methyl/N-ethyl adjacent to an activating group) is 1. The number of hydrogen-bond donors (Lipinski definition) is 1. The van der Waals surface area contributed by atoms with Gasteiger partial charge in [-0.15, -0.1) is 0 Å². The molecule has 0 unspecified atom stereocenters. The van der Waals surface area contributed by atoms with E-state index < -0.39 is 36.6 Å². The van der Waals surface area contributed by atoms with Gasteiger partial charge in [-0.3, -0.25) is 19.3 Å². The first-order valence-electron chi connectivity index (χ1n) is 9.88. The molecule has 1 aromatic rings. The van der Waals surface area contributed by atoms with Crippen LogP contribution in [0.15, 0.2) is 24.3 Å². The number of ether oxygens (including phenoxy) is 1. The summed E-state index contributed by atoms with van der Waals surface area (Å²) in [5.74, 6) is -1.73. The highest BCUT2D eigenvalue weighted by Gasteiger charge is 2.55. The molecule has 30 heavy (non-hydrogen) atoms. The van der Waals surface area contributed by atoms with Crippen molar-refractivity contribution in [2.24, 2.45) is 0 Å². The van der Waals surface area contributed by atoms with Crippen molar-refractivity contribution in [3.05, 3.63) is 29.8 Å². The Hall–Kier alpha value is -3.41. The van der Waals surface area contributed by atoms with Crippen molar-refractivity contribution in [1.82, 2.24) is 9.80 Å². The number of nitrogens with one attached hydrogen (secondary N) is 1. The van der Waals surface area contributed by atoms with E-state index in [0.717, 1.165) is 29.7 Å². The smallest absolute Gasteiger partial charge is 0.327 e. The molecule has 4 amide bonds. The molecule has 2 fully saturated rings. The van der Waals surface area contributed by atoms with Crippen molar-refractivity contribution in [3.8, 4) is 6.07 Å². The van der Waals surface area contributed by atoms with Gasteiger partial charge in [0.1, 0.15) is 12.1 Å². The molecule has 158 valence electrons. The summed E-state index contributed by atoms with van der Waals surface area (Å²) < 4.78 is 4.95. The van der Waals surface area contributed by atoms with Gasteiger partial charge < -0.3 is 15.0 Å². The third kappa shape index (κ3) is 4.27. The summed E-state index contributed by atoms with van der Waals surface area (Å²) in [7, 11) is 1.59. The molecule has 0 atom stereocenters. The number of carbonyl (C=O) groups is 4. The minimum absolute atomic E-state index is 0.274. The number of nitrogens with zero attached hydrogens (tertiary/aromatic N) is 3. The Labute approximate surface area is 174 Å². The molecular formula is C21H24N4O5. The summed E-state index contributed by atoms with van der Waals surface area (Å²) in [6, 6.07) is 8.24. The normalized spacial score (nSPS) is 17.7. The number of anilines is 1. The highest BCUT2D eigenvalue weighted by molar-refractivity contribution is 6.08. The zero-order chi connectivity index (χ0) is 21.7. The Morgan fingerprint density at radius 2 is 1.83 bits per heavy atom. The summed E-state index contributed by atoms with van der Waals surface area (Å²) >= 11 is 0. The van der Waals surface area contributed by atoms with E-state index in [0.29, 0.717) is 18.5 Å². The Bertz CT molecular complexity index is 884. The first kappa shape index (κ1) is 21.3.